The molecule has 0 aromatic rings. The van der Waals surface area contributed by atoms with Crippen LogP contribution in [-0.2, 0) is 4.79 Å². The highest BCUT2D eigenvalue weighted by atomic mass is 19.1. The van der Waals surface area contributed by atoms with Crippen molar-refractivity contribution in [1.29, 1.82) is 0 Å². The van der Waals surface area contributed by atoms with E-state index >= 15 is 0 Å². The molecule has 0 aromatic carbocycles. The molecule has 2 aliphatic carbocycles. The number of alkyl halides is 1. The molecule has 2 unspecified atom stereocenters. The van der Waals surface area contributed by atoms with Crippen molar-refractivity contribution >= 4 is 5.78 Å². The Morgan fingerprint density at radius 1 is 1.25 bits per heavy atom. The summed E-state index contributed by atoms with van der Waals surface area (Å²) in [5.74, 6) is 1.39. The number of hydrogen-bond donors (Lipinski definition) is 0. The number of Topliss-reactive ketones (excluding diaryl/α,β-unsaturated/α-hetero) is 1. The van der Waals surface area contributed by atoms with Gasteiger partial charge in [0, 0.05) is 5.92 Å². The largest absolute Gasteiger partial charge is 0.296 e. The monoisotopic (exact) mass is 170 g/mol. The summed E-state index contributed by atoms with van der Waals surface area (Å²) in [6, 6.07) is 0. The summed E-state index contributed by atoms with van der Waals surface area (Å²) < 4.78 is 13.2. The van der Waals surface area contributed by atoms with Gasteiger partial charge in [0.1, 0.15) is 0 Å². The maximum Gasteiger partial charge on any atom is 0.172 e. The Labute approximate surface area is 72.3 Å². The van der Waals surface area contributed by atoms with E-state index in [9.17, 15) is 9.18 Å². The molecule has 0 amide bonds. The lowest BCUT2D eigenvalue weighted by atomic mass is 9.89. The summed E-state index contributed by atoms with van der Waals surface area (Å²) in [6.07, 6.45) is 3.20. The van der Waals surface area contributed by atoms with E-state index in [0.29, 0.717) is 0 Å². The third-order valence-electron chi connectivity index (χ3n) is 3.20. The highest BCUT2D eigenvalue weighted by Gasteiger charge is 2.50. The van der Waals surface area contributed by atoms with Crippen molar-refractivity contribution in [3.8, 4) is 0 Å². The average molecular weight is 170 g/mol. The van der Waals surface area contributed by atoms with Crippen molar-refractivity contribution in [3.63, 3.8) is 0 Å². The van der Waals surface area contributed by atoms with Crippen LogP contribution in [0, 0.1) is 17.8 Å². The fourth-order valence-electron chi connectivity index (χ4n) is 2.41. The molecule has 0 saturated heterocycles. The van der Waals surface area contributed by atoms with Crippen LogP contribution in [0.3, 0.4) is 0 Å². The van der Waals surface area contributed by atoms with Crippen LogP contribution in [0.5, 0.6) is 0 Å². The first-order valence-electron chi connectivity index (χ1n) is 4.71. The molecule has 0 radical (unpaired) electrons. The van der Waals surface area contributed by atoms with Crippen molar-refractivity contribution in [2.45, 2.75) is 38.8 Å². The summed E-state index contributed by atoms with van der Waals surface area (Å²) in [5.41, 5.74) is -1.61. The normalized spacial score (nSPS) is 39.4. The Bertz CT molecular complexity index is 206. The van der Waals surface area contributed by atoms with E-state index in [0.717, 1.165) is 24.7 Å². The van der Waals surface area contributed by atoms with Gasteiger partial charge in [0.15, 0.2) is 11.5 Å². The van der Waals surface area contributed by atoms with Crippen LogP contribution in [-0.4, -0.2) is 11.5 Å². The van der Waals surface area contributed by atoms with E-state index in [1.54, 1.807) is 0 Å². The second-order valence-electron chi connectivity index (χ2n) is 4.76. The van der Waals surface area contributed by atoms with Gasteiger partial charge < -0.3 is 0 Å². The molecule has 2 atom stereocenters. The van der Waals surface area contributed by atoms with E-state index in [2.05, 4.69) is 0 Å². The SMILES string of the molecule is CC(C)(F)C(=O)C1CC2CC2C1. The van der Waals surface area contributed by atoms with Gasteiger partial charge in [0.25, 0.3) is 0 Å². The molecule has 2 heteroatoms. The van der Waals surface area contributed by atoms with Crippen molar-refractivity contribution in [1.82, 2.24) is 0 Å². The highest BCUT2D eigenvalue weighted by molar-refractivity contribution is 5.88. The molecule has 0 bridgehead atoms. The molecule has 68 valence electrons. The Kier molecular flexibility index (Phi) is 1.57. The topological polar surface area (TPSA) is 17.1 Å². The third-order valence-corrected chi connectivity index (χ3v) is 3.20. The van der Waals surface area contributed by atoms with Gasteiger partial charge in [-0.1, -0.05) is 0 Å². The number of carbonyl (C=O) groups is 1. The number of ketones is 1. The number of rotatable bonds is 2. The summed E-state index contributed by atoms with van der Waals surface area (Å²) in [4.78, 5) is 11.5. The molecular weight excluding hydrogens is 155 g/mol. The van der Waals surface area contributed by atoms with Gasteiger partial charge in [-0.25, -0.2) is 4.39 Å². The Morgan fingerprint density at radius 2 is 1.75 bits per heavy atom. The minimum Gasteiger partial charge on any atom is -0.296 e. The molecule has 0 heterocycles. The van der Waals surface area contributed by atoms with E-state index in [4.69, 9.17) is 0 Å². The Hall–Kier alpha value is -0.400. The molecule has 0 spiro atoms. The van der Waals surface area contributed by atoms with Gasteiger partial charge in [-0.15, -0.1) is 0 Å². The van der Waals surface area contributed by atoms with Crippen LogP contribution >= 0.6 is 0 Å². The molecule has 12 heavy (non-hydrogen) atoms. The van der Waals surface area contributed by atoms with Gasteiger partial charge >= 0.3 is 0 Å². The van der Waals surface area contributed by atoms with E-state index in [1.807, 2.05) is 0 Å². The quantitative estimate of drug-likeness (QED) is 0.621. The Balaban J connectivity index is 1.97. The molecule has 0 aromatic heterocycles. The van der Waals surface area contributed by atoms with Crippen molar-refractivity contribution in [2.75, 3.05) is 0 Å². The molecule has 2 aliphatic rings. The van der Waals surface area contributed by atoms with Crippen LogP contribution in [0.25, 0.3) is 0 Å². The average Bonchev–Trinajstić information content (AvgIpc) is 2.56. The van der Waals surface area contributed by atoms with Gasteiger partial charge in [-0.2, -0.15) is 0 Å². The minimum atomic E-state index is -1.61. The minimum absolute atomic E-state index is 0.0359. The summed E-state index contributed by atoms with van der Waals surface area (Å²) >= 11 is 0. The molecule has 0 aliphatic heterocycles. The number of hydrogen-bond acceptors (Lipinski definition) is 1. The van der Waals surface area contributed by atoms with Crippen molar-refractivity contribution in [3.05, 3.63) is 0 Å². The molecule has 2 rings (SSSR count). The molecular formula is C10H15FO. The summed E-state index contributed by atoms with van der Waals surface area (Å²) in [7, 11) is 0. The molecule has 2 fully saturated rings. The predicted octanol–water partition coefficient (Wildman–Crippen LogP) is 2.35. The van der Waals surface area contributed by atoms with Gasteiger partial charge in [-0.05, 0) is 44.9 Å². The summed E-state index contributed by atoms with van der Waals surface area (Å²) in [5, 5.41) is 0. The molecule has 1 nitrogen and oxygen atoms in total. The second-order valence-corrected chi connectivity index (χ2v) is 4.76. The highest BCUT2D eigenvalue weighted by Crippen LogP contribution is 2.55. The number of fused-ring (bicyclic) bond motifs is 1. The predicted molar refractivity (Wildman–Crippen MR) is 44.5 cm³/mol. The van der Waals surface area contributed by atoms with Crippen molar-refractivity contribution in [2.24, 2.45) is 17.8 Å². The van der Waals surface area contributed by atoms with Crippen LogP contribution in [0.4, 0.5) is 4.39 Å². The van der Waals surface area contributed by atoms with E-state index in [-0.39, 0.29) is 11.7 Å². The maximum atomic E-state index is 13.2. The molecule has 0 N–H and O–H groups in total. The first-order chi connectivity index (χ1) is 5.48. The zero-order chi connectivity index (χ0) is 8.93. The van der Waals surface area contributed by atoms with Crippen LogP contribution < -0.4 is 0 Å². The van der Waals surface area contributed by atoms with Crippen molar-refractivity contribution < 1.29 is 9.18 Å². The Morgan fingerprint density at radius 3 is 2.17 bits per heavy atom. The lowest BCUT2D eigenvalue weighted by Gasteiger charge is -2.18. The summed E-state index contributed by atoms with van der Waals surface area (Å²) in [6.45, 7) is 2.75. The maximum absolute atomic E-state index is 13.2. The first-order valence-corrected chi connectivity index (χ1v) is 4.71. The lowest BCUT2D eigenvalue weighted by Crippen LogP contribution is -2.32. The lowest BCUT2D eigenvalue weighted by molar-refractivity contribution is -0.132. The third kappa shape index (κ3) is 1.27. The zero-order valence-electron chi connectivity index (χ0n) is 7.64. The van der Waals surface area contributed by atoms with Crippen LogP contribution in [0.1, 0.15) is 33.1 Å². The standard InChI is InChI=1S/C10H15FO/c1-10(2,11)9(12)8-4-6-3-7(6)5-8/h6-8H,3-5H2,1-2H3. The second kappa shape index (κ2) is 2.30. The number of carbonyl (C=O) groups excluding carboxylic acids is 1. The fourth-order valence-corrected chi connectivity index (χ4v) is 2.41. The zero-order valence-corrected chi connectivity index (χ0v) is 7.64. The van der Waals surface area contributed by atoms with E-state index in [1.165, 1.54) is 20.3 Å². The first kappa shape index (κ1) is 8.21. The van der Waals surface area contributed by atoms with Crippen LogP contribution in [0.2, 0.25) is 0 Å². The van der Waals surface area contributed by atoms with Crippen LogP contribution in [0.15, 0.2) is 0 Å². The fraction of sp³-hybridized carbons (Fsp3) is 0.900. The van der Waals surface area contributed by atoms with Gasteiger partial charge in [-0.3, -0.25) is 4.79 Å². The van der Waals surface area contributed by atoms with Gasteiger partial charge in [0.05, 0.1) is 0 Å². The smallest absolute Gasteiger partial charge is 0.172 e. The van der Waals surface area contributed by atoms with E-state index < -0.39 is 5.67 Å². The molecule has 2 saturated carbocycles. The number of halogens is 1. The van der Waals surface area contributed by atoms with Gasteiger partial charge in [0.2, 0.25) is 0 Å².